The molecule has 4 nitrogen and oxygen atoms in total. The standard InChI is InChI=1S/C55H40N4/c1-4-5-16-39-28-27-38-17-6-7-18-42(38)55-48(35-47-45-21-10-14-25-51(45)58(54(39)47)41-32-36(2)31-37(3)33-41)46-22-11-15-26-52(46)59(55)53-34-40(29-30-56-53)57-49-23-12-8-19-43(49)44-20-9-13-24-50(44)57/h4-35H,1H2,2-3H3/b16-5-,28-27?,38-27?,39-28?,47-35?,48-35?,54-39?,55-42?. The summed E-state index contributed by atoms with van der Waals surface area (Å²) in [4.78, 5) is 5.17. The molecule has 0 aliphatic heterocycles. The lowest BCUT2D eigenvalue weighted by Gasteiger charge is -2.12. The van der Waals surface area contributed by atoms with Gasteiger partial charge < -0.3 is 9.13 Å². The minimum atomic E-state index is 0.852. The third kappa shape index (κ3) is 5.49. The SMILES string of the molecule is C=C/C=C\c1ccc2ccccc2c2c(cc3c4ccccc4n(-c4cc(C)cc(C)c4)c13)c1ccccc1n2-c1cc(-n2c3ccccc3c3ccccc32)ccn1. The number of rotatable bonds is 5. The predicted molar refractivity (Wildman–Crippen MR) is 251 cm³/mol. The largest absolute Gasteiger partial charge is 0.309 e. The number of aryl methyl sites for hydroxylation is 2. The van der Waals surface area contributed by atoms with E-state index in [1.54, 1.807) is 0 Å². The van der Waals surface area contributed by atoms with Gasteiger partial charge in [0.25, 0.3) is 0 Å². The van der Waals surface area contributed by atoms with Crippen LogP contribution in [0.5, 0.6) is 0 Å². The van der Waals surface area contributed by atoms with Crippen molar-refractivity contribution in [1.82, 2.24) is 18.7 Å². The quantitative estimate of drug-likeness (QED) is 0.161. The summed E-state index contributed by atoms with van der Waals surface area (Å²) >= 11 is 0. The second-order valence-electron chi connectivity index (χ2n) is 15.4. The van der Waals surface area contributed by atoms with Gasteiger partial charge in [-0.05, 0) is 84.5 Å². The van der Waals surface area contributed by atoms with E-state index in [2.05, 4.69) is 210 Å². The molecule has 4 heterocycles. The summed E-state index contributed by atoms with van der Waals surface area (Å²) in [5, 5.41) is 9.35. The normalized spacial score (nSPS) is 11.9. The highest BCUT2D eigenvalue weighted by atomic mass is 15.1. The maximum absolute atomic E-state index is 5.17. The van der Waals surface area contributed by atoms with Gasteiger partial charge in [-0.15, -0.1) is 0 Å². The summed E-state index contributed by atoms with van der Waals surface area (Å²) in [5.41, 5.74) is 12.5. The Morgan fingerprint density at radius 3 is 1.59 bits per heavy atom. The van der Waals surface area contributed by atoms with Gasteiger partial charge in [-0.1, -0.05) is 140 Å². The van der Waals surface area contributed by atoms with Gasteiger partial charge in [0, 0.05) is 55.7 Å². The van der Waals surface area contributed by atoms with Gasteiger partial charge in [0.1, 0.15) is 5.82 Å². The van der Waals surface area contributed by atoms with Crippen molar-refractivity contribution >= 4 is 82.3 Å². The van der Waals surface area contributed by atoms with E-state index in [0.29, 0.717) is 0 Å². The van der Waals surface area contributed by atoms with Crippen molar-refractivity contribution in [2.24, 2.45) is 0 Å². The van der Waals surface area contributed by atoms with E-state index >= 15 is 0 Å². The van der Waals surface area contributed by atoms with E-state index < -0.39 is 0 Å². The minimum absolute atomic E-state index is 0.852. The number of fused-ring (bicyclic) bond motifs is 11. The molecule has 0 saturated carbocycles. The molecule has 280 valence electrons. The number of hydrogen-bond donors (Lipinski definition) is 0. The lowest BCUT2D eigenvalue weighted by molar-refractivity contribution is 1.06. The number of allylic oxidation sites excluding steroid dienone is 2. The lowest BCUT2D eigenvalue weighted by atomic mass is 10.0. The van der Waals surface area contributed by atoms with Crippen molar-refractivity contribution in [2.45, 2.75) is 13.8 Å². The van der Waals surface area contributed by atoms with Crippen LogP contribution in [-0.4, -0.2) is 18.7 Å². The molecule has 0 amide bonds. The van der Waals surface area contributed by atoms with Crippen LogP contribution in [-0.2, 0) is 0 Å². The summed E-state index contributed by atoms with van der Waals surface area (Å²) in [5.74, 6) is 0.852. The Morgan fingerprint density at radius 2 is 0.966 bits per heavy atom. The molecule has 0 aliphatic rings. The van der Waals surface area contributed by atoms with Crippen LogP contribution in [0.4, 0.5) is 0 Å². The van der Waals surface area contributed by atoms with E-state index in [1.807, 2.05) is 18.3 Å². The number of pyridine rings is 1. The molecule has 0 aliphatic carbocycles. The Morgan fingerprint density at radius 1 is 0.441 bits per heavy atom. The Bertz CT molecular complexity index is 3540. The first-order valence-electron chi connectivity index (χ1n) is 20.2. The first kappa shape index (κ1) is 34.5. The van der Waals surface area contributed by atoms with Crippen molar-refractivity contribution in [3.63, 3.8) is 0 Å². The highest BCUT2D eigenvalue weighted by Gasteiger charge is 2.20. The van der Waals surface area contributed by atoms with E-state index in [1.165, 1.54) is 38.3 Å². The molecule has 0 fully saturated rings. The average Bonchev–Trinajstić information content (AvgIpc) is 3.90. The maximum Gasteiger partial charge on any atom is 0.139 e. The average molecular weight is 757 g/mol. The Labute approximate surface area is 342 Å². The zero-order valence-electron chi connectivity index (χ0n) is 33.0. The molecule has 4 aromatic heterocycles. The molecule has 7 aromatic carbocycles. The highest BCUT2D eigenvalue weighted by Crippen LogP contribution is 2.40. The van der Waals surface area contributed by atoms with Crippen LogP contribution >= 0.6 is 0 Å². The van der Waals surface area contributed by atoms with E-state index in [4.69, 9.17) is 4.98 Å². The van der Waals surface area contributed by atoms with Gasteiger partial charge in [-0.25, -0.2) is 4.98 Å². The second kappa shape index (κ2) is 13.8. The third-order valence-electron chi connectivity index (χ3n) is 11.7. The van der Waals surface area contributed by atoms with Crippen LogP contribution in [0.15, 0.2) is 195 Å². The highest BCUT2D eigenvalue weighted by molar-refractivity contribution is 6.21. The Kier molecular flexibility index (Phi) is 8.05. The molecule has 0 atom stereocenters. The fourth-order valence-electron chi connectivity index (χ4n) is 9.39. The molecular weight excluding hydrogens is 717 g/mol. The van der Waals surface area contributed by atoms with Crippen molar-refractivity contribution in [2.75, 3.05) is 0 Å². The summed E-state index contributed by atoms with van der Waals surface area (Å²) in [7, 11) is 0. The van der Waals surface area contributed by atoms with Gasteiger partial charge >= 0.3 is 0 Å². The predicted octanol–water partition coefficient (Wildman–Crippen LogP) is 14.5. The monoisotopic (exact) mass is 756 g/mol. The number of nitrogens with zero attached hydrogens (tertiary/aromatic N) is 4. The van der Waals surface area contributed by atoms with Gasteiger partial charge in [0.15, 0.2) is 0 Å². The zero-order chi connectivity index (χ0) is 39.6. The fourth-order valence-corrected chi connectivity index (χ4v) is 9.39. The topological polar surface area (TPSA) is 27.7 Å². The van der Waals surface area contributed by atoms with Crippen LogP contribution in [0.1, 0.15) is 16.7 Å². The molecule has 0 spiro atoms. The molecule has 0 bridgehead atoms. The molecule has 0 radical (unpaired) electrons. The molecule has 11 rings (SSSR count). The van der Waals surface area contributed by atoms with E-state index in [0.717, 1.165) is 71.8 Å². The molecule has 59 heavy (non-hydrogen) atoms. The Hall–Kier alpha value is -7.69. The molecule has 0 unspecified atom stereocenters. The molecule has 4 heteroatoms. The zero-order valence-corrected chi connectivity index (χ0v) is 33.0. The number of hydrogen-bond acceptors (Lipinski definition) is 1. The van der Waals surface area contributed by atoms with Crippen LogP contribution in [0.2, 0.25) is 0 Å². The van der Waals surface area contributed by atoms with Crippen LogP contribution in [0, 0.1) is 13.8 Å². The number of para-hydroxylation sites is 4. The van der Waals surface area contributed by atoms with Gasteiger partial charge in [0.05, 0.1) is 38.8 Å². The number of benzene rings is 6. The van der Waals surface area contributed by atoms with Crippen molar-refractivity contribution in [1.29, 1.82) is 0 Å². The molecule has 0 N–H and O–H groups in total. The lowest BCUT2D eigenvalue weighted by Crippen LogP contribution is -2.01. The fraction of sp³-hybridized carbons (Fsp3) is 0.0364. The molecular formula is C55H40N4. The summed E-state index contributed by atoms with van der Waals surface area (Å²) in [6.07, 6.45) is 8.03. The molecule has 11 aromatic rings. The maximum atomic E-state index is 5.17. The number of aromatic nitrogens is 4. The second-order valence-corrected chi connectivity index (χ2v) is 15.4. The third-order valence-corrected chi connectivity index (χ3v) is 11.7. The molecule has 0 saturated heterocycles. The first-order valence-corrected chi connectivity index (χ1v) is 20.2. The van der Waals surface area contributed by atoms with Gasteiger partial charge in [-0.3, -0.25) is 4.57 Å². The minimum Gasteiger partial charge on any atom is -0.309 e. The van der Waals surface area contributed by atoms with Crippen LogP contribution in [0.25, 0.3) is 99.5 Å². The van der Waals surface area contributed by atoms with Gasteiger partial charge in [-0.2, -0.15) is 0 Å². The van der Waals surface area contributed by atoms with Crippen molar-refractivity contribution in [3.8, 4) is 17.2 Å². The van der Waals surface area contributed by atoms with Gasteiger partial charge in [0.2, 0.25) is 0 Å². The first-order chi connectivity index (χ1) is 29.1. The summed E-state index contributed by atoms with van der Waals surface area (Å²) < 4.78 is 7.18. The Balaban J connectivity index is 1.33. The smallest absolute Gasteiger partial charge is 0.139 e. The van der Waals surface area contributed by atoms with E-state index in [9.17, 15) is 0 Å². The van der Waals surface area contributed by atoms with Crippen molar-refractivity contribution < 1.29 is 0 Å². The summed E-state index contributed by atoms with van der Waals surface area (Å²) in [6, 6.07) is 61.8. The summed E-state index contributed by atoms with van der Waals surface area (Å²) in [6.45, 7) is 8.41. The van der Waals surface area contributed by atoms with Crippen LogP contribution in [0.3, 0.4) is 0 Å². The van der Waals surface area contributed by atoms with E-state index in [-0.39, 0.29) is 0 Å². The van der Waals surface area contributed by atoms with Crippen molar-refractivity contribution in [3.05, 3.63) is 211 Å². The van der Waals surface area contributed by atoms with Crippen LogP contribution < -0.4 is 0 Å².